The predicted molar refractivity (Wildman–Crippen MR) is 167 cm³/mol. The van der Waals surface area contributed by atoms with Crippen molar-refractivity contribution in [3.05, 3.63) is 88.5 Å². The number of nitrogens with one attached hydrogen (secondary N) is 2. The molecule has 0 bridgehead atoms. The summed E-state index contributed by atoms with van der Waals surface area (Å²) in [5.41, 5.74) is 2.98. The van der Waals surface area contributed by atoms with Crippen LogP contribution in [0.15, 0.2) is 60.7 Å². The fourth-order valence-corrected chi connectivity index (χ4v) is 4.90. The number of phenolic OH excluding ortho intramolecular Hbond substituents is 2. The minimum Gasteiger partial charge on any atom is -0.508 e. The average Bonchev–Trinajstić information content (AvgIpc) is 2.90. The quantitative estimate of drug-likeness (QED) is 0.240. The third-order valence-corrected chi connectivity index (χ3v) is 7.00. The lowest BCUT2D eigenvalue weighted by Gasteiger charge is -2.37. The number of anilines is 1. The van der Waals surface area contributed by atoms with Crippen LogP contribution in [0.2, 0.25) is 0 Å². The number of ether oxygens (including phenoxy) is 1. The Bertz CT molecular complexity index is 1440. The first-order valence-corrected chi connectivity index (χ1v) is 14.3. The van der Waals surface area contributed by atoms with Gasteiger partial charge in [-0.25, -0.2) is 4.79 Å². The maximum atomic E-state index is 14.5. The van der Waals surface area contributed by atoms with Gasteiger partial charge in [-0.05, 0) is 89.8 Å². The molecule has 2 unspecified atom stereocenters. The van der Waals surface area contributed by atoms with Crippen LogP contribution in [0.25, 0.3) is 0 Å². The van der Waals surface area contributed by atoms with Gasteiger partial charge in [-0.2, -0.15) is 0 Å². The third kappa shape index (κ3) is 8.50. The molecule has 9 heteroatoms. The van der Waals surface area contributed by atoms with Crippen LogP contribution in [0.1, 0.15) is 68.5 Å². The van der Waals surface area contributed by atoms with E-state index in [0.29, 0.717) is 16.8 Å². The molecule has 9 nitrogen and oxygen atoms in total. The molecule has 0 aliphatic rings. The molecule has 0 radical (unpaired) electrons. The number of carbonyl (C=O) groups is 3. The van der Waals surface area contributed by atoms with Crippen LogP contribution >= 0.6 is 0 Å². The minimum atomic E-state index is -1.24. The Kier molecular flexibility index (Phi) is 10.5. The smallest absolute Gasteiger partial charge is 0.408 e. The van der Waals surface area contributed by atoms with E-state index in [1.54, 1.807) is 71.9 Å². The summed E-state index contributed by atoms with van der Waals surface area (Å²) < 4.78 is 5.47. The standard InChI is InChI=1S/C34H43N3O6/c1-20(2)37(32(41)27(35-33(42)43-34(6,7)8)19-24-15-17-25(38)18-16-24)29(26-14-10-13-23(5)30(26)39)31(40)36-28-21(3)11-9-12-22(28)4/h9-18,20,27,29,38-39H,19H2,1-8H3,(H,35,42)(H,36,40). The lowest BCUT2D eigenvalue weighted by atomic mass is 9.96. The van der Waals surface area contributed by atoms with Gasteiger partial charge in [-0.3, -0.25) is 9.59 Å². The molecule has 3 amide bonds. The number of aryl methyl sites for hydroxylation is 3. The number of nitrogens with zero attached hydrogens (tertiary/aromatic N) is 1. The predicted octanol–water partition coefficient (Wildman–Crippen LogP) is 6.08. The second-order valence-electron chi connectivity index (χ2n) is 12.1. The van der Waals surface area contributed by atoms with Crippen molar-refractivity contribution >= 4 is 23.6 Å². The molecule has 2 atom stereocenters. The van der Waals surface area contributed by atoms with Gasteiger partial charge < -0.3 is 30.5 Å². The summed E-state index contributed by atoms with van der Waals surface area (Å²) in [7, 11) is 0. The molecule has 0 heterocycles. The Labute approximate surface area is 253 Å². The number of alkyl carbamates (subject to hydrolysis) is 1. The monoisotopic (exact) mass is 589 g/mol. The number of aromatic hydroxyl groups is 2. The minimum absolute atomic E-state index is 0.0621. The van der Waals surface area contributed by atoms with Crippen LogP contribution in [0.3, 0.4) is 0 Å². The molecule has 0 aliphatic carbocycles. The fourth-order valence-electron chi connectivity index (χ4n) is 4.90. The van der Waals surface area contributed by atoms with Crippen molar-refractivity contribution in [3.63, 3.8) is 0 Å². The van der Waals surface area contributed by atoms with E-state index in [-0.39, 0.29) is 23.5 Å². The molecule has 0 spiro atoms. The van der Waals surface area contributed by atoms with Gasteiger partial charge in [0.2, 0.25) is 5.91 Å². The van der Waals surface area contributed by atoms with Crippen molar-refractivity contribution in [1.82, 2.24) is 10.2 Å². The fraction of sp³-hybridized carbons (Fsp3) is 0.382. The van der Waals surface area contributed by atoms with Gasteiger partial charge in [-0.1, -0.05) is 48.5 Å². The van der Waals surface area contributed by atoms with Gasteiger partial charge in [0.15, 0.2) is 0 Å². The molecule has 0 aromatic heterocycles. The van der Waals surface area contributed by atoms with E-state index in [2.05, 4.69) is 10.6 Å². The van der Waals surface area contributed by atoms with E-state index in [1.807, 2.05) is 32.0 Å². The van der Waals surface area contributed by atoms with Gasteiger partial charge in [0, 0.05) is 23.7 Å². The van der Waals surface area contributed by atoms with Crippen LogP contribution in [0, 0.1) is 20.8 Å². The zero-order valence-corrected chi connectivity index (χ0v) is 26.2. The highest BCUT2D eigenvalue weighted by Crippen LogP contribution is 2.35. The van der Waals surface area contributed by atoms with Gasteiger partial charge in [0.05, 0.1) is 0 Å². The molecule has 0 saturated heterocycles. The average molecular weight is 590 g/mol. The molecule has 0 fully saturated rings. The normalized spacial score (nSPS) is 12.8. The summed E-state index contributed by atoms with van der Waals surface area (Å²) in [6, 6.07) is 14.1. The first-order chi connectivity index (χ1) is 20.1. The summed E-state index contributed by atoms with van der Waals surface area (Å²) in [5, 5.41) is 26.6. The molecule has 230 valence electrons. The lowest BCUT2D eigenvalue weighted by Crippen LogP contribution is -2.55. The topological polar surface area (TPSA) is 128 Å². The van der Waals surface area contributed by atoms with Crippen molar-refractivity contribution < 1.29 is 29.3 Å². The van der Waals surface area contributed by atoms with Crippen LogP contribution in [0.4, 0.5) is 10.5 Å². The Morgan fingerprint density at radius 1 is 0.860 bits per heavy atom. The van der Waals surface area contributed by atoms with Crippen LogP contribution in [-0.4, -0.2) is 50.7 Å². The summed E-state index contributed by atoms with van der Waals surface area (Å²) >= 11 is 0. The van der Waals surface area contributed by atoms with E-state index in [4.69, 9.17) is 4.74 Å². The van der Waals surface area contributed by atoms with E-state index >= 15 is 0 Å². The third-order valence-electron chi connectivity index (χ3n) is 7.00. The number of phenols is 2. The number of amides is 3. The first kappa shape index (κ1) is 33.0. The molecule has 3 aromatic carbocycles. The van der Waals surface area contributed by atoms with E-state index in [9.17, 15) is 24.6 Å². The van der Waals surface area contributed by atoms with Crippen LogP contribution in [-0.2, 0) is 20.7 Å². The number of hydrogen-bond acceptors (Lipinski definition) is 6. The second kappa shape index (κ2) is 13.6. The molecular weight excluding hydrogens is 546 g/mol. The molecule has 3 rings (SSSR count). The highest BCUT2D eigenvalue weighted by Gasteiger charge is 2.39. The molecule has 0 saturated carbocycles. The molecule has 0 aliphatic heterocycles. The molecule has 43 heavy (non-hydrogen) atoms. The largest absolute Gasteiger partial charge is 0.508 e. The van der Waals surface area contributed by atoms with Crippen molar-refractivity contribution in [2.45, 2.75) is 85.5 Å². The zero-order valence-electron chi connectivity index (χ0n) is 26.2. The van der Waals surface area contributed by atoms with Crippen LogP contribution < -0.4 is 10.6 Å². The number of benzene rings is 3. The lowest BCUT2D eigenvalue weighted by molar-refractivity contribution is -0.143. The first-order valence-electron chi connectivity index (χ1n) is 14.3. The Hall–Kier alpha value is -4.53. The summed E-state index contributed by atoms with van der Waals surface area (Å²) in [4.78, 5) is 43.0. The highest BCUT2D eigenvalue weighted by molar-refractivity contribution is 6.00. The van der Waals surface area contributed by atoms with Crippen molar-refractivity contribution in [3.8, 4) is 11.5 Å². The van der Waals surface area contributed by atoms with Crippen molar-refractivity contribution in [1.29, 1.82) is 0 Å². The van der Waals surface area contributed by atoms with Crippen molar-refractivity contribution in [2.24, 2.45) is 0 Å². The second-order valence-corrected chi connectivity index (χ2v) is 12.1. The SMILES string of the molecule is Cc1cccc(C(C(=O)Nc2c(C)cccc2C)N(C(=O)C(Cc2ccc(O)cc2)NC(=O)OC(C)(C)C)C(C)C)c1O. The number of rotatable bonds is 9. The van der Waals surface area contributed by atoms with Gasteiger partial charge in [-0.15, -0.1) is 0 Å². The van der Waals surface area contributed by atoms with E-state index in [1.165, 1.54) is 17.0 Å². The van der Waals surface area contributed by atoms with Crippen LogP contribution in [0.5, 0.6) is 11.5 Å². The Morgan fingerprint density at radius 2 is 1.42 bits per heavy atom. The Morgan fingerprint density at radius 3 is 1.98 bits per heavy atom. The van der Waals surface area contributed by atoms with Gasteiger partial charge in [0.1, 0.15) is 29.2 Å². The van der Waals surface area contributed by atoms with Crippen molar-refractivity contribution in [2.75, 3.05) is 5.32 Å². The number of hydrogen-bond donors (Lipinski definition) is 4. The molecule has 4 N–H and O–H groups in total. The van der Waals surface area contributed by atoms with Gasteiger partial charge in [0.25, 0.3) is 5.91 Å². The zero-order chi connectivity index (χ0) is 32.1. The highest BCUT2D eigenvalue weighted by atomic mass is 16.6. The van der Waals surface area contributed by atoms with E-state index in [0.717, 1.165) is 11.1 Å². The van der Waals surface area contributed by atoms with Gasteiger partial charge >= 0.3 is 6.09 Å². The maximum Gasteiger partial charge on any atom is 0.408 e. The molecule has 3 aromatic rings. The molecular formula is C34H43N3O6. The number of carbonyl (C=O) groups excluding carboxylic acids is 3. The Balaban J connectivity index is 2.13. The summed E-state index contributed by atoms with van der Waals surface area (Å²) in [6.07, 6.45) is -0.727. The summed E-state index contributed by atoms with van der Waals surface area (Å²) in [5.74, 6) is -1.09. The summed E-state index contributed by atoms with van der Waals surface area (Å²) in [6.45, 7) is 14.2. The van der Waals surface area contributed by atoms with E-state index < -0.39 is 41.6 Å². The maximum absolute atomic E-state index is 14.5. The number of para-hydroxylation sites is 2.